The zero-order valence-electron chi connectivity index (χ0n) is 13.6. The van der Waals surface area contributed by atoms with Crippen molar-refractivity contribution in [3.8, 4) is 0 Å². The van der Waals surface area contributed by atoms with E-state index in [9.17, 15) is 0 Å². The van der Waals surface area contributed by atoms with Crippen LogP contribution < -0.4 is 11.1 Å². The summed E-state index contributed by atoms with van der Waals surface area (Å²) in [7, 11) is 0. The number of hydrogen-bond donors (Lipinski definition) is 2. The van der Waals surface area contributed by atoms with E-state index in [4.69, 9.17) is 5.73 Å². The lowest BCUT2D eigenvalue weighted by Gasteiger charge is -2.11. The molecule has 4 nitrogen and oxygen atoms in total. The number of unbranched alkanes of at least 4 members (excludes halogenated alkanes) is 1. The van der Waals surface area contributed by atoms with Gasteiger partial charge in [0.25, 0.3) is 0 Å². The number of aryl methyl sites for hydroxylation is 3. The standard InChI is InChI=1S/C18H26N4/c1-3-5-12-20-17-16(13-21-18(19)22-17)11-10-15-8-6-14(4-2)7-9-15/h6-9,13H,3-5,10-12H2,1-2H3,(H3,19,20,21,22). The first-order chi connectivity index (χ1) is 10.7. The predicted molar refractivity (Wildman–Crippen MR) is 93.1 cm³/mol. The highest BCUT2D eigenvalue weighted by Crippen LogP contribution is 2.16. The van der Waals surface area contributed by atoms with Crippen LogP contribution in [0, 0.1) is 0 Å². The Balaban J connectivity index is 2.01. The van der Waals surface area contributed by atoms with Crippen LogP contribution in [0.4, 0.5) is 11.8 Å². The van der Waals surface area contributed by atoms with Gasteiger partial charge in [-0.3, -0.25) is 0 Å². The van der Waals surface area contributed by atoms with E-state index < -0.39 is 0 Å². The van der Waals surface area contributed by atoms with Crippen LogP contribution in [0.15, 0.2) is 30.5 Å². The van der Waals surface area contributed by atoms with Gasteiger partial charge in [-0.15, -0.1) is 0 Å². The van der Waals surface area contributed by atoms with E-state index in [0.717, 1.165) is 50.0 Å². The van der Waals surface area contributed by atoms with Gasteiger partial charge in [-0.05, 0) is 36.8 Å². The highest BCUT2D eigenvalue weighted by molar-refractivity contribution is 5.46. The summed E-state index contributed by atoms with van der Waals surface area (Å²) >= 11 is 0. The van der Waals surface area contributed by atoms with E-state index in [1.165, 1.54) is 11.1 Å². The maximum Gasteiger partial charge on any atom is 0.221 e. The Morgan fingerprint density at radius 3 is 2.45 bits per heavy atom. The van der Waals surface area contributed by atoms with Crippen LogP contribution in [0.2, 0.25) is 0 Å². The molecule has 0 aliphatic rings. The number of nitrogens with zero attached hydrogens (tertiary/aromatic N) is 2. The Morgan fingerprint density at radius 1 is 1.05 bits per heavy atom. The summed E-state index contributed by atoms with van der Waals surface area (Å²) in [6.45, 7) is 5.27. The van der Waals surface area contributed by atoms with E-state index in [0.29, 0.717) is 5.95 Å². The van der Waals surface area contributed by atoms with Crippen molar-refractivity contribution in [3.05, 3.63) is 47.2 Å². The summed E-state index contributed by atoms with van der Waals surface area (Å²) in [5, 5.41) is 3.38. The van der Waals surface area contributed by atoms with Gasteiger partial charge in [-0.25, -0.2) is 4.98 Å². The van der Waals surface area contributed by atoms with Gasteiger partial charge >= 0.3 is 0 Å². The lowest BCUT2D eigenvalue weighted by molar-refractivity contribution is 0.825. The molecule has 22 heavy (non-hydrogen) atoms. The molecule has 3 N–H and O–H groups in total. The third kappa shape index (κ3) is 4.72. The van der Waals surface area contributed by atoms with Crippen molar-refractivity contribution >= 4 is 11.8 Å². The fraction of sp³-hybridized carbons (Fsp3) is 0.444. The minimum Gasteiger partial charge on any atom is -0.370 e. The third-order valence-corrected chi connectivity index (χ3v) is 3.82. The number of nitrogens with one attached hydrogen (secondary N) is 1. The first-order valence-corrected chi connectivity index (χ1v) is 8.16. The molecule has 2 rings (SSSR count). The van der Waals surface area contributed by atoms with Crippen LogP contribution in [-0.4, -0.2) is 16.5 Å². The van der Waals surface area contributed by atoms with Crippen LogP contribution in [0.3, 0.4) is 0 Å². The lowest BCUT2D eigenvalue weighted by Crippen LogP contribution is -2.09. The molecule has 0 saturated heterocycles. The zero-order valence-corrected chi connectivity index (χ0v) is 13.6. The normalized spacial score (nSPS) is 10.6. The minimum atomic E-state index is 0.329. The van der Waals surface area contributed by atoms with E-state index in [1.54, 1.807) is 0 Å². The molecule has 0 saturated carbocycles. The predicted octanol–water partition coefficient (Wildman–Crippen LogP) is 3.62. The second-order valence-corrected chi connectivity index (χ2v) is 5.55. The number of benzene rings is 1. The molecule has 0 amide bonds. The molecule has 4 heteroatoms. The van der Waals surface area contributed by atoms with Crippen LogP contribution in [-0.2, 0) is 19.3 Å². The Morgan fingerprint density at radius 2 is 1.77 bits per heavy atom. The number of aromatic nitrogens is 2. The van der Waals surface area contributed by atoms with Crippen LogP contribution in [0.5, 0.6) is 0 Å². The summed E-state index contributed by atoms with van der Waals surface area (Å²) in [5.74, 6) is 1.21. The van der Waals surface area contributed by atoms with Gasteiger partial charge in [0.2, 0.25) is 5.95 Å². The smallest absolute Gasteiger partial charge is 0.221 e. The summed E-state index contributed by atoms with van der Waals surface area (Å²) in [4.78, 5) is 8.47. The van der Waals surface area contributed by atoms with Gasteiger partial charge < -0.3 is 11.1 Å². The van der Waals surface area contributed by atoms with Crippen LogP contribution in [0.25, 0.3) is 0 Å². The molecular weight excluding hydrogens is 272 g/mol. The molecule has 2 aromatic rings. The molecule has 0 bridgehead atoms. The fourth-order valence-electron chi connectivity index (χ4n) is 2.36. The first-order valence-electron chi connectivity index (χ1n) is 8.16. The monoisotopic (exact) mass is 298 g/mol. The molecule has 118 valence electrons. The van der Waals surface area contributed by atoms with Crippen molar-refractivity contribution in [3.63, 3.8) is 0 Å². The number of nitrogen functional groups attached to an aromatic ring is 1. The van der Waals surface area contributed by atoms with Crippen molar-refractivity contribution in [2.75, 3.05) is 17.6 Å². The first kappa shape index (κ1) is 16.3. The van der Waals surface area contributed by atoms with Gasteiger partial charge in [0.15, 0.2) is 0 Å². The Kier molecular flexibility index (Phi) is 6.19. The largest absolute Gasteiger partial charge is 0.370 e. The molecule has 0 aliphatic carbocycles. The Bertz CT molecular complexity index is 578. The number of nitrogens with two attached hydrogens (primary N) is 1. The number of rotatable bonds is 8. The molecular formula is C18H26N4. The highest BCUT2D eigenvalue weighted by atomic mass is 15.1. The highest BCUT2D eigenvalue weighted by Gasteiger charge is 2.06. The maximum absolute atomic E-state index is 5.71. The number of hydrogen-bond acceptors (Lipinski definition) is 4. The van der Waals surface area contributed by atoms with Gasteiger partial charge in [-0.1, -0.05) is 44.5 Å². The van der Waals surface area contributed by atoms with Gasteiger partial charge in [0, 0.05) is 18.3 Å². The van der Waals surface area contributed by atoms with Gasteiger partial charge in [-0.2, -0.15) is 4.98 Å². The summed E-state index contributed by atoms with van der Waals surface area (Å²) in [5.41, 5.74) is 9.56. The molecule has 0 aliphatic heterocycles. The SMILES string of the molecule is CCCCNc1nc(N)ncc1CCc1ccc(CC)cc1. The average molecular weight is 298 g/mol. The molecule has 0 radical (unpaired) electrons. The summed E-state index contributed by atoms with van der Waals surface area (Å²) in [6.07, 6.45) is 7.11. The summed E-state index contributed by atoms with van der Waals surface area (Å²) < 4.78 is 0. The Labute approximate surface area is 133 Å². The Hall–Kier alpha value is -2.10. The van der Waals surface area contributed by atoms with Crippen molar-refractivity contribution < 1.29 is 0 Å². The molecule has 0 spiro atoms. The van der Waals surface area contributed by atoms with Crippen molar-refractivity contribution in [1.82, 2.24) is 9.97 Å². The topological polar surface area (TPSA) is 63.8 Å². The molecule has 1 heterocycles. The van der Waals surface area contributed by atoms with Crippen LogP contribution in [0.1, 0.15) is 43.4 Å². The molecule has 1 aromatic carbocycles. The zero-order chi connectivity index (χ0) is 15.8. The van der Waals surface area contributed by atoms with E-state index >= 15 is 0 Å². The van der Waals surface area contributed by atoms with Crippen molar-refractivity contribution in [1.29, 1.82) is 0 Å². The molecule has 1 aromatic heterocycles. The van der Waals surface area contributed by atoms with Crippen molar-refractivity contribution in [2.45, 2.75) is 46.0 Å². The minimum absolute atomic E-state index is 0.329. The quantitative estimate of drug-likeness (QED) is 0.731. The molecule has 0 atom stereocenters. The molecule has 0 unspecified atom stereocenters. The lowest BCUT2D eigenvalue weighted by atomic mass is 10.0. The molecule has 0 fully saturated rings. The fourth-order valence-corrected chi connectivity index (χ4v) is 2.36. The van der Waals surface area contributed by atoms with Gasteiger partial charge in [0.05, 0.1) is 0 Å². The maximum atomic E-state index is 5.71. The van der Waals surface area contributed by atoms with E-state index in [1.807, 2.05) is 6.20 Å². The second kappa shape index (κ2) is 8.37. The van der Waals surface area contributed by atoms with Crippen LogP contribution >= 0.6 is 0 Å². The summed E-state index contributed by atoms with van der Waals surface area (Å²) in [6, 6.07) is 8.83. The van der Waals surface area contributed by atoms with E-state index in [2.05, 4.69) is 53.4 Å². The third-order valence-electron chi connectivity index (χ3n) is 3.82. The van der Waals surface area contributed by atoms with E-state index in [-0.39, 0.29) is 0 Å². The second-order valence-electron chi connectivity index (χ2n) is 5.55. The van der Waals surface area contributed by atoms with Gasteiger partial charge in [0.1, 0.15) is 5.82 Å². The number of anilines is 2. The van der Waals surface area contributed by atoms with Crippen molar-refractivity contribution in [2.24, 2.45) is 0 Å². The average Bonchev–Trinajstić information content (AvgIpc) is 2.55.